The molecule has 1 saturated carbocycles. The van der Waals surface area contributed by atoms with Gasteiger partial charge < -0.3 is 10.3 Å². The van der Waals surface area contributed by atoms with Gasteiger partial charge in [-0.2, -0.15) is 4.98 Å². The molecule has 1 aliphatic rings. The normalized spacial score (nSPS) is 26.1. The lowest BCUT2D eigenvalue weighted by Crippen LogP contribution is -2.38. The van der Waals surface area contributed by atoms with E-state index >= 15 is 0 Å². The van der Waals surface area contributed by atoms with Crippen molar-refractivity contribution in [3.8, 4) is 11.5 Å². The average Bonchev–Trinajstić information content (AvgIpc) is 2.99. The average molecular weight is 272 g/mol. The zero-order chi connectivity index (χ0) is 14.3. The van der Waals surface area contributed by atoms with Crippen LogP contribution >= 0.6 is 0 Å². The molecule has 2 atom stereocenters. The van der Waals surface area contributed by atoms with Gasteiger partial charge in [0.05, 0.1) is 5.41 Å². The fourth-order valence-corrected chi connectivity index (χ4v) is 2.96. The Kier molecular flexibility index (Phi) is 3.09. The van der Waals surface area contributed by atoms with Crippen LogP contribution in [0, 0.1) is 13.8 Å². The second kappa shape index (κ2) is 4.66. The van der Waals surface area contributed by atoms with Crippen LogP contribution in [0.4, 0.5) is 0 Å². The first-order valence-corrected chi connectivity index (χ1v) is 7.04. The molecule has 0 aromatic carbocycles. The van der Waals surface area contributed by atoms with E-state index in [-0.39, 0.29) is 11.5 Å². The molecule has 0 bridgehead atoms. The molecule has 5 heteroatoms. The standard InChI is InChI=1S/C15H20N4O/c1-9-7-10(2)12(17-8-9)13-18-14(20-19-13)15(3)6-4-5-11(15)16/h7-8,11H,4-6,16H2,1-3H3. The fraction of sp³-hybridized carbons (Fsp3) is 0.533. The fourth-order valence-electron chi connectivity index (χ4n) is 2.96. The number of pyridine rings is 1. The highest BCUT2D eigenvalue weighted by Crippen LogP contribution is 2.39. The van der Waals surface area contributed by atoms with E-state index in [1.165, 1.54) is 0 Å². The second-order valence-electron chi connectivity index (χ2n) is 6.02. The van der Waals surface area contributed by atoms with Crippen molar-refractivity contribution in [1.29, 1.82) is 0 Å². The van der Waals surface area contributed by atoms with Gasteiger partial charge >= 0.3 is 0 Å². The van der Waals surface area contributed by atoms with Crippen molar-refractivity contribution >= 4 is 0 Å². The Morgan fingerprint density at radius 1 is 1.40 bits per heavy atom. The number of aromatic nitrogens is 3. The topological polar surface area (TPSA) is 77.8 Å². The van der Waals surface area contributed by atoms with Crippen LogP contribution in [0.15, 0.2) is 16.8 Å². The van der Waals surface area contributed by atoms with E-state index in [0.29, 0.717) is 11.7 Å². The summed E-state index contributed by atoms with van der Waals surface area (Å²) in [4.78, 5) is 8.97. The van der Waals surface area contributed by atoms with Gasteiger partial charge in [0.1, 0.15) is 5.69 Å². The van der Waals surface area contributed by atoms with Crippen molar-refractivity contribution in [1.82, 2.24) is 15.1 Å². The molecule has 2 aromatic rings. The molecule has 1 aliphatic carbocycles. The van der Waals surface area contributed by atoms with Gasteiger partial charge in [-0.05, 0) is 44.7 Å². The van der Waals surface area contributed by atoms with Gasteiger partial charge in [0.2, 0.25) is 11.7 Å². The lowest BCUT2D eigenvalue weighted by atomic mass is 9.85. The third-order valence-electron chi connectivity index (χ3n) is 4.37. The molecule has 5 nitrogen and oxygen atoms in total. The Bertz CT molecular complexity index is 637. The predicted octanol–water partition coefficient (Wildman–Crippen LogP) is 2.52. The summed E-state index contributed by atoms with van der Waals surface area (Å²) in [7, 11) is 0. The van der Waals surface area contributed by atoms with E-state index in [0.717, 1.165) is 36.1 Å². The number of hydrogen-bond acceptors (Lipinski definition) is 5. The highest BCUT2D eigenvalue weighted by molar-refractivity contribution is 5.54. The summed E-state index contributed by atoms with van der Waals surface area (Å²) >= 11 is 0. The Morgan fingerprint density at radius 2 is 2.20 bits per heavy atom. The molecule has 2 unspecified atom stereocenters. The van der Waals surface area contributed by atoms with E-state index in [4.69, 9.17) is 10.3 Å². The Morgan fingerprint density at radius 3 is 2.85 bits per heavy atom. The van der Waals surface area contributed by atoms with Crippen molar-refractivity contribution in [3.63, 3.8) is 0 Å². The molecule has 2 N–H and O–H groups in total. The first-order chi connectivity index (χ1) is 9.50. The highest BCUT2D eigenvalue weighted by Gasteiger charge is 2.42. The lowest BCUT2D eigenvalue weighted by Gasteiger charge is -2.23. The lowest BCUT2D eigenvalue weighted by molar-refractivity contribution is 0.278. The monoisotopic (exact) mass is 272 g/mol. The molecule has 20 heavy (non-hydrogen) atoms. The summed E-state index contributed by atoms with van der Waals surface area (Å²) in [5, 5.41) is 4.10. The molecule has 0 aliphatic heterocycles. The number of nitrogens with two attached hydrogens (primary N) is 1. The minimum Gasteiger partial charge on any atom is -0.338 e. The molecule has 2 aromatic heterocycles. The maximum absolute atomic E-state index is 6.20. The van der Waals surface area contributed by atoms with Gasteiger partial charge in [0, 0.05) is 12.2 Å². The van der Waals surface area contributed by atoms with Crippen LogP contribution in [0.1, 0.15) is 43.2 Å². The largest absolute Gasteiger partial charge is 0.338 e. The van der Waals surface area contributed by atoms with Crippen LogP contribution in [-0.2, 0) is 5.41 Å². The van der Waals surface area contributed by atoms with Gasteiger partial charge in [-0.1, -0.05) is 17.6 Å². The molecule has 0 radical (unpaired) electrons. The van der Waals surface area contributed by atoms with E-state index in [2.05, 4.69) is 28.1 Å². The minimum absolute atomic E-state index is 0.0860. The molecule has 0 spiro atoms. The van der Waals surface area contributed by atoms with Gasteiger partial charge in [0.15, 0.2) is 0 Å². The predicted molar refractivity (Wildman–Crippen MR) is 76.2 cm³/mol. The van der Waals surface area contributed by atoms with Crippen molar-refractivity contribution < 1.29 is 4.52 Å². The smallest absolute Gasteiger partial charge is 0.234 e. The second-order valence-corrected chi connectivity index (χ2v) is 6.02. The summed E-state index contributed by atoms with van der Waals surface area (Å²) in [5.74, 6) is 1.19. The summed E-state index contributed by atoms with van der Waals surface area (Å²) < 4.78 is 5.48. The number of rotatable bonds is 2. The van der Waals surface area contributed by atoms with E-state index < -0.39 is 0 Å². The van der Waals surface area contributed by atoms with Crippen LogP contribution in [0.25, 0.3) is 11.5 Å². The van der Waals surface area contributed by atoms with E-state index in [9.17, 15) is 0 Å². The molecule has 0 amide bonds. The van der Waals surface area contributed by atoms with Crippen LogP contribution in [0.3, 0.4) is 0 Å². The zero-order valence-electron chi connectivity index (χ0n) is 12.2. The highest BCUT2D eigenvalue weighted by atomic mass is 16.5. The first-order valence-electron chi connectivity index (χ1n) is 7.04. The van der Waals surface area contributed by atoms with Gasteiger partial charge in [0.25, 0.3) is 0 Å². The molecular weight excluding hydrogens is 252 g/mol. The van der Waals surface area contributed by atoms with E-state index in [1.807, 2.05) is 20.0 Å². The minimum atomic E-state index is -0.205. The first kappa shape index (κ1) is 13.2. The van der Waals surface area contributed by atoms with Gasteiger partial charge in [-0.25, -0.2) is 0 Å². The Balaban J connectivity index is 1.98. The van der Waals surface area contributed by atoms with E-state index in [1.54, 1.807) is 0 Å². The third kappa shape index (κ3) is 2.02. The molecule has 106 valence electrons. The molecule has 2 heterocycles. The maximum Gasteiger partial charge on any atom is 0.234 e. The quantitative estimate of drug-likeness (QED) is 0.908. The maximum atomic E-state index is 6.20. The molecular formula is C15H20N4O. The molecule has 1 fully saturated rings. The van der Waals surface area contributed by atoms with Crippen molar-refractivity contribution in [2.24, 2.45) is 5.73 Å². The number of hydrogen-bond donors (Lipinski definition) is 1. The molecule has 0 saturated heterocycles. The summed E-state index contributed by atoms with van der Waals surface area (Å²) in [5.41, 5.74) is 8.95. The van der Waals surface area contributed by atoms with Crippen LogP contribution < -0.4 is 5.73 Å². The van der Waals surface area contributed by atoms with Crippen LogP contribution in [0.5, 0.6) is 0 Å². The SMILES string of the molecule is Cc1cnc(-c2noc(C3(C)CCCC3N)n2)c(C)c1. The zero-order valence-corrected chi connectivity index (χ0v) is 12.2. The van der Waals surface area contributed by atoms with Crippen molar-refractivity contribution in [2.75, 3.05) is 0 Å². The van der Waals surface area contributed by atoms with Crippen LogP contribution in [-0.4, -0.2) is 21.2 Å². The van der Waals surface area contributed by atoms with Crippen molar-refractivity contribution in [3.05, 3.63) is 29.3 Å². The van der Waals surface area contributed by atoms with Gasteiger partial charge in [-0.15, -0.1) is 0 Å². The Hall–Kier alpha value is -1.75. The summed E-state index contributed by atoms with van der Waals surface area (Å²) in [6.45, 7) is 6.13. The number of nitrogens with zero attached hydrogens (tertiary/aromatic N) is 3. The third-order valence-corrected chi connectivity index (χ3v) is 4.37. The Labute approximate surface area is 118 Å². The van der Waals surface area contributed by atoms with Crippen LogP contribution in [0.2, 0.25) is 0 Å². The van der Waals surface area contributed by atoms with Gasteiger partial charge in [-0.3, -0.25) is 4.98 Å². The summed E-state index contributed by atoms with van der Waals surface area (Å²) in [6, 6.07) is 2.16. The summed E-state index contributed by atoms with van der Waals surface area (Å²) in [6.07, 6.45) is 4.94. The number of aryl methyl sites for hydroxylation is 2. The van der Waals surface area contributed by atoms with Crippen molar-refractivity contribution in [2.45, 2.75) is 51.5 Å². The molecule has 3 rings (SSSR count).